The van der Waals surface area contributed by atoms with Gasteiger partial charge in [0.1, 0.15) is 5.75 Å². The molecule has 0 aliphatic carbocycles. The SMILES string of the molecule is COCCNC(N)=NCc1ccc(OC)c(Cl)c1.I. The molecule has 0 aliphatic heterocycles. The van der Waals surface area contributed by atoms with E-state index in [0.717, 1.165) is 5.56 Å². The lowest BCUT2D eigenvalue weighted by Gasteiger charge is -2.06. The van der Waals surface area contributed by atoms with Gasteiger partial charge in [-0.1, -0.05) is 17.7 Å². The summed E-state index contributed by atoms with van der Waals surface area (Å²) in [6.45, 7) is 1.69. The van der Waals surface area contributed by atoms with Gasteiger partial charge in [0.05, 0.1) is 25.3 Å². The summed E-state index contributed by atoms with van der Waals surface area (Å²) < 4.78 is 9.96. The van der Waals surface area contributed by atoms with Crippen LogP contribution in [0.5, 0.6) is 5.75 Å². The fourth-order valence-electron chi connectivity index (χ4n) is 1.32. The first-order chi connectivity index (χ1) is 8.67. The van der Waals surface area contributed by atoms with Crippen LogP contribution in [-0.4, -0.2) is 33.3 Å². The first kappa shape index (κ1) is 18.3. The number of hydrogen-bond donors (Lipinski definition) is 2. The fraction of sp³-hybridized carbons (Fsp3) is 0.417. The minimum atomic E-state index is 0. The van der Waals surface area contributed by atoms with E-state index in [1.807, 2.05) is 18.2 Å². The van der Waals surface area contributed by atoms with Crippen molar-refractivity contribution >= 4 is 41.5 Å². The second-order valence-electron chi connectivity index (χ2n) is 3.59. The zero-order valence-corrected chi connectivity index (χ0v) is 14.1. The smallest absolute Gasteiger partial charge is 0.188 e. The third-order valence-corrected chi connectivity index (χ3v) is 2.56. The highest BCUT2D eigenvalue weighted by Gasteiger charge is 2.01. The van der Waals surface area contributed by atoms with Gasteiger partial charge in [-0.25, -0.2) is 4.99 Å². The third kappa shape index (κ3) is 6.84. The molecule has 1 aromatic rings. The molecule has 0 amide bonds. The van der Waals surface area contributed by atoms with Gasteiger partial charge in [-0.3, -0.25) is 0 Å². The summed E-state index contributed by atoms with van der Waals surface area (Å²) in [5.74, 6) is 1.04. The second-order valence-corrected chi connectivity index (χ2v) is 4.00. The molecule has 0 spiro atoms. The summed E-state index contributed by atoms with van der Waals surface area (Å²) in [7, 11) is 3.21. The number of guanidine groups is 1. The second kappa shape index (κ2) is 10.1. The molecule has 108 valence electrons. The van der Waals surface area contributed by atoms with Crippen molar-refractivity contribution in [3.63, 3.8) is 0 Å². The van der Waals surface area contributed by atoms with Crippen LogP contribution >= 0.6 is 35.6 Å². The Kier molecular flexibility index (Phi) is 9.72. The van der Waals surface area contributed by atoms with Crippen LogP contribution in [0.1, 0.15) is 5.56 Å². The summed E-state index contributed by atoms with van der Waals surface area (Å²) in [6.07, 6.45) is 0. The van der Waals surface area contributed by atoms with Gasteiger partial charge >= 0.3 is 0 Å². The van der Waals surface area contributed by atoms with Crippen molar-refractivity contribution in [3.05, 3.63) is 28.8 Å². The van der Waals surface area contributed by atoms with E-state index in [4.69, 9.17) is 26.8 Å². The minimum Gasteiger partial charge on any atom is -0.495 e. The summed E-state index contributed by atoms with van der Waals surface area (Å²) >= 11 is 6.01. The predicted octanol–water partition coefficient (Wildman–Crippen LogP) is 2.02. The molecule has 19 heavy (non-hydrogen) atoms. The Balaban J connectivity index is 0.00000324. The maximum Gasteiger partial charge on any atom is 0.188 e. The molecule has 0 aromatic heterocycles. The molecule has 0 saturated carbocycles. The molecular weight excluding hydrogens is 381 g/mol. The number of nitrogens with zero attached hydrogens (tertiary/aromatic N) is 1. The average Bonchev–Trinajstić information content (AvgIpc) is 2.37. The zero-order valence-electron chi connectivity index (χ0n) is 11.0. The molecule has 0 fully saturated rings. The highest BCUT2D eigenvalue weighted by Crippen LogP contribution is 2.25. The molecule has 1 rings (SSSR count). The number of hydrogen-bond acceptors (Lipinski definition) is 3. The molecule has 0 radical (unpaired) electrons. The largest absolute Gasteiger partial charge is 0.495 e. The van der Waals surface area contributed by atoms with Crippen molar-refractivity contribution in [2.45, 2.75) is 6.54 Å². The van der Waals surface area contributed by atoms with Crippen LogP contribution in [0.4, 0.5) is 0 Å². The van der Waals surface area contributed by atoms with E-state index >= 15 is 0 Å². The molecule has 7 heteroatoms. The van der Waals surface area contributed by atoms with Gasteiger partial charge in [0.15, 0.2) is 5.96 Å². The molecule has 0 bridgehead atoms. The highest BCUT2D eigenvalue weighted by molar-refractivity contribution is 14.0. The average molecular weight is 400 g/mol. The molecular formula is C12H19ClIN3O2. The van der Waals surface area contributed by atoms with E-state index in [2.05, 4.69) is 10.3 Å². The summed E-state index contributed by atoms with van der Waals surface area (Å²) in [6, 6.07) is 5.52. The summed E-state index contributed by atoms with van der Waals surface area (Å²) in [5.41, 5.74) is 6.65. The van der Waals surface area contributed by atoms with Crippen molar-refractivity contribution in [2.75, 3.05) is 27.4 Å². The normalized spacial score (nSPS) is 10.8. The molecule has 0 heterocycles. The van der Waals surface area contributed by atoms with E-state index in [1.165, 1.54) is 0 Å². The standard InChI is InChI=1S/C12H18ClN3O2.HI/c1-17-6-5-15-12(14)16-8-9-3-4-11(18-2)10(13)7-9;/h3-4,7H,5-6,8H2,1-2H3,(H3,14,15,16);1H. The highest BCUT2D eigenvalue weighted by atomic mass is 127. The fourth-order valence-corrected chi connectivity index (χ4v) is 1.60. The van der Waals surface area contributed by atoms with Gasteiger partial charge in [0, 0.05) is 13.7 Å². The van der Waals surface area contributed by atoms with Crippen molar-refractivity contribution < 1.29 is 9.47 Å². The number of aliphatic imine (C=N–C) groups is 1. The van der Waals surface area contributed by atoms with E-state index in [9.17, 15) is 0 Å². The molecule has 5 nitrogen and oxygen atoms in total. The van der Waals surface area contributed by atoms with Gasteiger partial charge in [-0.2, -0.15) is 0 Å². The molecule has 0 unspecified atom stereocenters. The van der Waals surface area contributed by atoms with Crippen molar-refractivity contribution in [1.29, 1.82) is 0 Å². The van der Waals surface area contributed by atoms with Crippen LogP contribution in [0.25, 0.3) is 0 Å². The lowest BCUT2D eigenvalue weighted by molar-refractivity contribution is 0.204. The number of ether oxygens (including phenoxy) is 2. The quantitative estimate of drug-likeness (QED) is 0.332. The van der Waals surface area contributed by atoms with Crippen LogP contribution in [0, 0.1) is 0 Å². The molecule has 0 saturated heterocycles. The number of methoxy groups -OCH3 is 2. The Hall–Kier alpha value is -0.730. The van der Waals surface area contributed by atoms with E-state index in [1.54, 1.807) is 14.2 Å². The number of halogens is 2. The summed E-state index contributed by atoms with van der Waals surface area (Å²) in [4.78, 5) is 4.19. The van der Waals surface area contributed by atoms with E-state index in [-0.39, 0.29) is 24.0 Å². The minimum absolute atomic E-state index is 0. The Morgan fingerprint density at radius 2 is 2.16 bits per heavy atom. The molecule has 1 aromatic carbocycles. The first-order valence-corrected chi connectivity index (χ1v) is 5.90. The van der Waals surface area contributed by atoms with Crippen molar-refractivity contribution in [2.24, 2.45) is 10.7 Å². The maximum absolute atomic E-state index is 6.01. The lowest BCUT2D eigenvalue weighted by Crippen LogP contribution is -2.34. The van der Waals surface area contributed by atoms with Gasteiger partial charge in [0.2, 0.25) is 0 Å². The van der Waals surface area contributed by atoms with Gasteiger partial charge in [-0.05, 0) is 17.7 Å². The van der Waals surface area contributed by atoms with E-state index < -0.39 is 0 Å². The van der Waals surface area contributed by atoms with Crippen molar-refractivity contribution in [3.8, 4) is 5.75 Å². The Labute approximate surface area is 135 Å². The first-order valence-electron chi connectivity index (χ1n) is 5.52. The van der Waals surface area contributed by atoms with Crippen LogP contribution in [0.3, 0.4) is 0 Å². The topological polar surface area (TPSA) is 68.9 Å². The van der Waals surface area contributed by atoms with Crippen LogP contribution in [0.15, 0.2) is 23.2 Å². The number of nitrogens with one attached hydrogen (secondary N) is 1. The number of rotatable bonds is 6. The molecule has 0 aliphatic rings. The van der Waals surface area contributed by atoms with Crippen molar-refractivity contribution in [1.82, 2.24) is 5.32 Å². The van der Waals surface area contributed by atoms with E-state index in [0.29, 0.717) is 36.4 Å². The summed E-state index contributed by atoms with van der Waals surface area (Å²) in [5, 5.41) is 3.50. The number of benzene rings is 1. The predicted molar refractivity (Wildman–Crippen MR) is 88.6 cm³/mol. The van der Waals surface area contributed by atoms with Gasteiger partial charge in [-0.15, -0.1) is 24.0 Å². The lowest BCUT2D eigenvalue weighted by atomic mass is 10.2. The van der Waals surface area contributed by atoms with Gasteiger partial charge in [0.25, 0.3) is 0 Å². The van der Waals surface area contributed by atoms with Crippen LogP contribution < -0.4 is 15.8 Å². The maximum atomic E-state index is 6.01. The van der Waals surface area contributed by atoms with Gasteiger partial charge < -0.3 is 20.5 Å². The third-order valence-electron chi connectivity index (χ3n) is 2.26. The number of nitrogens with two attached hydrogens (primary N) is 1. The zero-order chi connectivity index (χ0) is 13.4. The van der Waals surface area contributed by atoms with Crippen LogP contribution in [0.2, 0.25) is 5.02 Å². The Morgan fingerprint density at radius 1 is 1.42 bits per heavy atom. The van der Waals surface area contributed by atoms with Crippen LogP contribution in [-0.2, 0) is 11.3 Å². The Bertz CT molecular complexity index is 416. The monoisotopic (exact) mass is 399 g/mol. The molecule has 0 atom stereocenters. The Morgan fingerprint density at radius 3 is 2.74 bits per heavy atom. The molecule has 3 N–H and O–H groups in total.